The SMILES string of the molecule is Cc1ncc(C(=O)O)c(Oc2cc(Br)ccc2C)n1. The number of rotatable bonds is 3. The summed E-state index contributed by atoms with van der Waals surface area (Å²) in [5.41, 5.74) is 0.820. The van der Waals surface area contributed by atoms with Gasteiger partial charge in [-0.1, -0.05) is 22.0 Å². The highest BCUT2D eigenvalue weighted by atomic mass is 79.9. The Morgan fingerprint density at radius 1 is 1.37 bits per heavy atom. The first-order valence-corrected chi connectivity index (χ1v) is 6.27. The van der Waals surface area contributed by atoms with E-state index in [1.807, 2.05) is 19.1 Å². The number of halogens is 1. The largest absolute Gasteiger partial charge is 0.477 e. The summed E-state index contributed by atoms with van der Waals surface area (Å²) in [5.74, 6) is -0.0773. The summed E-state index contributed by atoms with van der Waals surface area (Å²) in [6.07, 6.45) is 1.24. The lowest BCUT2D eigenvalue weighted by Crippen LogP contribution is -2.05. The number of aromatic carboxylic acids is 1. The number of hydrogen-bond acceptors (Lipinski definition) is 4. The summed E-state index contributed by atoms with van der Waals surface area (Å²) in [6, 6.07) is 5.51. The zero-order chi connectivity index (χ0) is 14.0. The number of aromatic nitrogens is 2. The maximum absolute atomic E-state index is 11.1. The van der Waals surface area contributed by atoms with Crippen LogP contribution in [0.5, 0.6) is 11.6 Å². The first-order chi connectivity index (χ1) is 8.97. The Morgan fingerprint density at radius 3 is 2.79 bits per heavy atom. The van der Waals surface area contributed by atoms with Gasteiger partial charge in [0.05, 0.1) is 0 Å². The Labute approximate surface area is 118 Å². The van der Waals surface area contributed by atoms with Crippen molar-refractivity contribution >= 4 is 21.9 Å². The molecule has 0 unspecified atom stereocenters. The molecular formula is C13H11BrN2O3. The topological polar surface area (TPSA) is 72.3 Å². The molecule has 19 heavy (non-hydrogen) atoms. The fourth-order valence-electron chi connectivity index (χ4n) is 1.46. The Kier molecular flexibility index (Phi) is 3.80. The lowest BCUT2D eigenvalue weighted by molar-refractivity contribution is 0.0692. The minimum absolute atomic E-state index is 0.0428. The molecule has 2 rings (SSSR count). The molecule has 1 aromatic carbocycles. The van der Waals surface area contributed by atoms with Crippen LogP contribution >= 0.6 is 15.9 Å². The van der Waals surface area contributed by atoms with E-state index >= 15 is 0 Å². The summed E-state index contributed by atoms with van der Waals surface area (Å²) in [6.45, 7) is 3.54. The molecule has 0 aliphatic carbocycles. The number of nitrogens with zero attached hydrogens (tertiary/aromatic N) is 2. The lowest BCUT2D eigenvalue weighted by Gasteiger charge is -2.10. The van der Waals surface area contributed by atoms with Crippen LogP contribution in [0.25, 0.3) is 0 Å². The molecule has 0 spiro atoms. The van der Waals surface area contributed by atoms with E-state index in [0.717, 1.165) is 10.0 Å². The summed E-state index contributed by atoms with van der Waals surface area (Å²) >= 11 is 3.34. The second kappa shape index (κ2) is 5.36. The van der Waals surface area contributed by atoms with Crippen molar-refractivity contribution in [3.63, 3.8) is 0 Å². The Morgan fingerprint density at radius 2 is 2.11 bits per heavy atom. The van der Waals surface area contributed by atoms with Crippen molar-refractivity contribution in [3.05, 3.63) is 45.8 Å². The van der Waals surface area contributed by atoms with Crippen molar-refractivity contribution in [1.82, 2.24) is 9.97 Å². The number of aryl methyl sites for hydroxylation is 2. The fraction of sp³-hybridized carbons (Fsp3) is 0.154. The predicted molar refractivity (Wildman–Crippen MR) is 72.7 cm³/mol. The quantitative estimate of drug-likeness (QED) is 0.938. The molecule has 0 aliphatic rings. The normalized spacial score (nSPS) is 10.3. The van der Waals surface area contributed by atoms with E-state index in [2.05, 4.69) is 25.9 Å². The van der Waals surface area contributed by atoms with E-state index < -0.39 is 5.97 Å². The molecule has 0 bridgehead atoms. The monoisotopic (exact) mass is 322 g/mol. The summed E-state index contributed by atoms with van der Waals surface area (Å²) in [5, 5.41) is 9.09. The molecule has 1 heterocycles. The molecule has 2 aromatic rings. The smallest absolute Gasteiger partial charge is 0.342 e. The van der Waals surface area contributed by atoms with Crippen molar-refractivity contribution in [2.24, 2.45) is 0 Å². The molecule has 6 heteroatoms. The van der Waals surface area contributed by atoms with Crippen LogP contribution in [0.15, 0.2) is 28.9 Å². The zero-order valence-corrected chi connectivity index (χ0v) is 11.9. The van der Waals surface area contributed by atoms with Gasteiger partial charge >= 0.3 is 5.97 Å². The number of ether oxygens (including phenoxy) is 1. The average Bonchev–Trinajstić information content (AvgIpc) is 2.33. The van der Waals surface area contributed by atoms with Gasteiger partial charge in [0.25, 0.3) is 0 Å². The van der Waals surface area contributed by atoms with Gasteiger partial charge in [-0.25, -0.2) is 9.78 Å². The number of hydrogen-bond donors (Lipinski definition) is 1. The van der Waals surface area contributed by atoms with E-state index in [1.54, 1.807) is 13.0 Å². The van der Waals surface area contributed by atoms with Crippen LogP contribution in [0.2, 0.25) is 0 Å². The van der Waals surface area contributed by atoms with E-state index in [0.29, 0.717) is 11.6 Å². The minimum atomic E-state index is -1.12. The third kappa shape index (κ3) is 3.08. The summed E-state index contributed by atoms with van der Waals surface area (Å²) < 4.78 is 6.44. The van der Waals surface area contributed by atoms with Crippen LogP contribution in [0.4, 0.5) is 0 Å². The maximum Gasteiger partial charge on any atom is 0.342 e. The number of benzene rings is 1. The van der Waals surface area contributed by atoms with Crippen LogP contribution in [-0.2, 0) is 0 Å². The molecule has 98 valence electrons. The highest BCUT2D eigenvalue weighted by Crippen LogP contribution is 2.28. The van der Waals surface area contributed by atoms with Gasteiger partial charge in [0.2, 0.25) is 5.88 Å². The number of carboxylic acid groups (broad SMARTS) is 1. The Bertz CT molecular complexity index is 644. The summed E-state index contributed by atoms with van der Waals surface area (Å²) in [4.78, 5) is 19.0. The minimum Gasteiger partial charge on any atom is -0.477 e. The number of carbonyl (C=O) groups is 1. The van der Waals surface area contributed by atoms with Crippen molar-refractivity contribution in [2.45, 2.75) is 13.8 Å². The second-order valence-corrected chi connectivity index (χ2v) is 4.87. The molecule has 0 aliphatic heterocycles. The maximum atomic E-state index is 11.1. The lowest BCUT2D eigenvalue weighted by atomic mass is 10.2. The van der Waals surface area contributed by atoms with E-state index in [-0.39, 0.29) is 11.4 Å². The van der Waals surface area contributed by atoms with Crippen LogP contribution in [0.3, 0.4) is 0 Å². The standard InChI is InChI=1S/C13H11BrN2O3/c1-7-3-4-9(14)5-11(7)19-12-10(13(17)18)6-15-8(2)16-12/h3-6H,1-2H3,(H,17,18). The molecule has 1 N–H and O–H groups in total. The molecule has 0 amide bonds. The molecule has 0 saturated heterocycles. The van der Waals surface area contributed by atoms with Crippen molar-refractivity contribution in [3.8, 4) is 11.6 Å². The fourth-order valence-corrected chi connectivity index (χ4v) is 1.80. The third-order valence-corrected chi connectivity index (χ3v) is 2.95. The molecule has 5 nitrogen and oxygen atoms in total. The zero-order valence-electron chi connectivity index (χ0n) is 10.3. The van der Waals surface area contributed by atoms with Gasteiger partial charge in [0.1, 0.15) is 17.1 Å². The first-order valence-electron chi connectivity index (χ1n) is 5.48. The van der Waals surface area contributed by atoms with E-state index in [9.17, 15) is 4.79 Å². The Hall–Kier alpha value is -1.95. The van der Waals surface area contributed by atoms with Gasteiger partial charge in [-0.05, 0) is 31.5 Å². The Balaban J connectivity index is 2.45. The van der Waals surface area contributed by atoms with Crippen LogP contribution < -0.4 is 4.74 Å². The average molecular weight is 323 g/mol. The van der Waals surface area contributed by atoms with Gasteiger partial charge in [0, 0.05) is 10.7 Å². The van der Waals surface area contributed by atoms with Crippen LogP contribution in [0.1, 0.15) is 21.7 Å². The predicted octanol–water partition coefficient (Wildman–Crippen LogP) is 3.35. The van der Waals surface area contributed by atoms with E-state index in [4.69, 9.17) is 9.84 Å². The summed E-state index contributed by atoms with van der Waals surface area (Å²) in [7, 11) is 0. The van der Waals surface area contributed by atoms with Gasteiger partial charge in [0.15, 0.2) is 0 Å². The highest BCUT2D eigenvalue weighted by Gasteiger charge is 2.15. The van der Waals surface area contributed by atoms with Gasteiger partial charge in [-0.15, -0.1) is 0 Å². The molecule has 0 atom stereocenters. The molecule has 0 fully saturated rings. The van der Waals surface area contributed by atoms with Crippen molar-refractivity contribution in [1.29, 1.82) is 0 Å². The van der Waals surface area contributed by atoms with Crippen LogP contribution in [-0.4, -0.2) is 21.0 Å². The molecular weight excluding hydrogens is 312 g/mol. The van der Waals surface area contributed by atoms with Gasteiger partial charge in [-0.2, -0.15) is 4.98 Å². The first kappa shape index (κ1) is 13.5. The van der Waals surface area contributed by atoms with Crippen LogP contribution in [0, 0.1) is 13.8 Å². The highest BCUT2D eigenvalue weighted by molar-refractivity contribution is 9.10. The van der Waals surface area contributed by atoms with Gasteiger partial charge < -0.3 is 9.84 Å². The second-order valence-electron chi connectivity index (χ2n) is 3.95. The molecule has 0 saturated carbocycles. The van der Waals surface area contributed by atoms with E-state index in [1.165, 1.54) is 6.20 Å². The third-order valence-electron chi connectivity index (χ3n) is 2.46. The molecule has 0 radical (unpaired) electrons. The van der Waals surface area contributed by atoms with Crippen molar-refractivity contribution < 1.29 is 14.6 Å². The molecule has 1 aromatic heterocycles. The van der Waals surface area contributed by atoms with Crippen molar-refractivity contribution in [2.75, 3.05) is 0 Å². The van der Waals surface area contributed by atoms with Gasteiger partial charge in [-0.3, -0.25) is 0 Å². The number of carboxylic acids is 1.